The van der Waals surface area contributed by atoms with E-state index in [1.54, 1.807) is 0 Å². The van der Waals surface area contributed by atoms with E-state index in [0.29, 0.717) is 25.8 Å². The minimum absolute atomic E-state index is 0.128. The smallest absolute Gasteiger partial charge is 0.236 e. The van der Waals surface area contributed by atoms with Crippen molar-refractivity contribution in [3.63, 3.8) is 0 Å². The Labute approximate surface area is 151 Å². The molecule has 3 aliphatic heterocycles. The fourth-order valence-corrected chi connectivity index (χ4v) is 4.42. The van der Waals surface area contributed by atoms with E-state index in [1.165, 1.54) is 6.42 Å². The Bertz CT molecular complexity index is 457. The lowest BCUT2D eigenvalue weighted by molar-refractivity contribution is -0.141. The molecular weight excluding hydrogens is 318 g/mol. The predicted octanol–water partition coefficient (Wildman–Crippen LogP) is 1.35. The van der Waals surface area contributed by atoms with E-state index in [4.69, 9.17) is 4.74 Å². The first-order valence-electron chi connectivity index (χ1n) is 10.1. The number of rotatable bonds is 4. The fourth-order valence-electron chi connectivity index (χ4n) is 4.42. The molecule has 0 aromatic rings. The molecule has 3 rings (SSSR count). The Morgan fingerprint density at radius 3 is 2.36 bits per heavy atom. The molecule has 0 spiro atoms. The number of nitrogens with zero attached hydrogens (tertiary/aromatic N) is 3. The van der Waals surface area contributed by atoms with E-state index in [1.807, 2.05) is 4.90 Å². The van der Waals surface area contributed by atoms with Gasteiger partial charge in [0.25, 0.3) is 0 Å². The van der Waals surface area contributed by atoms with Crippen molar-refractivity contribution in [1.29, 1.82) is 0 Å². The molecule has 0 saturated carbocycles. The highest BCUT2D eigenvalue weighted by molar-refractivity contribution is 5.80. The van der Waals surface area contributed by atoms with E-state index in [2.05, 4.69) is 16.7 Å². The number of likely N-dealkylation sites (tertiary alicyclic amines) is 2. The van der Waals surface area contributed by atoms with Crippen LogP contribution < -0.4 is 0 Å². The van der Waals surface area contributed by atoms with Gasteiger partial charge in [-0.05, 0) is 51.6 Å². The van der Waals surface area contributed by atoms with Crippen molar-refractivity contribution >= 4 is 11.8 Å². The van der Waals surface area contributed by atoms with Crippen LogP contribution in [0.1, 0.15) is 45.4 Å². The summed E-state index contributed by atoms with van der Waals surface area (Å²) in [7, 11) is 0. The third kappa shape index (κ3) is 4.73. The summed E-state index contributed by atoms with van der Waals surface area (Å²) in [5, 5.41) is 0. The molecule has 2 amide bonds. The van der Waals surface area contributed by atoms with Crippen LogP contribution in [-0.2, 0) is 14.3 Å². The topological polar surface area (TPSA) is 53.1 Å². The molecule has 6 nitrogen and oxygen atoms in total. The summed E-state index contributed by atoms with van der Waals surface area (Å²) in [6.45, 7) is 8.11. The summed E-state index contributed by atoms with van der Waals surface area (Å²) in [5.74, 6) is 0.698. The number of hydrogen-bond acceptors (Lipinski definition) is 4. The number of ether oxygens (including phenoxy) is 1. The summed E-state index contributed by atoms with van der Waals surface area (Å²) in [6, 6.07) is 0.432. The van der Waals surface area contributed by atoms with Crippen LogP contribution in [0.25, 0.3) is 0 Å². The quantitative estimate of drug-likeness (QED) is 0.767. The molecule has 0 aliphatic carbocycles. The molecule has 0 N–H and O–H groups in total. The second-order valence-electron chi connectivity index (χ2n) is 7.63. The van der Waals surface area contributed by atoms with Crippen molar-refractivity contribution in [3.8, 4) is 0 Å². The molecule has 3 saturated heterocycles. The first-order valence-corrected chi connectivity index (χ1v) is 10.1. The van der Waals surface area contributed by atoms with Gasteiger partial charge in [-0.1, -0.05) is 6.92 Å². The summed E-state index contributed by atoms with van der Waals surface area (Å²) in [5.41, 5.74) is 0. The third-order valence-electron chi connectivity index (χ3n) is 6.04. The molecule has 6 heteroatoms. The number of amides is 2. The highest BCUT2D eigenvalue weighted by Gasteiger charge is 2.31. The molecule has 3 fully saturated rings. The van der Waals surface area contributed by atoms with Gasteiger partial charge >= 0.3 is 0 Å². The second-order valence-corrected chi connectivity index (χ2v) is 7.63. The number of carbonyl (C=O) groups excluding carboxylic acids is 2. The minimum atomic E-state index is 0.128. The summed E-state index contributed by atoms with van der Waals surface area (Å²) in [6.07, 6.45) is 6.34. The number of piperidine rings is 2. The standard InChI is InChI=1S/C19H33N3O3/c1-2-17-5-3-4-8-22(17)18(23)15-20-9-6-16(7-10-20)19(24)21-11-13-25-14-12-21/h16-17H,2-15H2,1H3. The van der Waals surface area contributed by atoms with Crippen molar-refractivity contribution in [1.82, 2.24) is 14.7 Å². The van der Waals surface area contributed by atoms with E-state index in [9.17, 15) is 9.59 Å². The van der Waals surface area contributed by atoms with E-state index in [0.717, 1.165) is 64.8 Å². The van der Waals surface area contributed by atoms with Gasteiger partial charge in [-0.3, -0.25) is 14.5 Å². The van der Waals surface area contributed by atoms with Gasteiger partial charge in [0.2, 0.25) is 11.8 Å². The Morgan fingerprint density at radius 2 is 1.68 bits per heavy atom. The van der Waals surface area contributed by atoms with Crippen molar-refractivity contribution in [2.75, 3.05) is 52.5 Å². The normalized spacial score (nSPS) is 26.7. The maximum Gasteiger partial charge on any atom is 0.236 e. The first kappa shape index (κ1) is 18.6. The Morgan fingerprint density at radius 1 is 0.960 bits per heavy atom. The average molecular weight is 351 g/mol. The van der Waals surface area contributed by atoms with Gasteiger partial charge in [-0.2, -0.15) is 0 Å². The molecule has 1 unspecified atom stereocenters. The minimum Gasteiger partial charge on any atom is -0.378 e. The lowest BCUT2D eigenvalue weighted by Gasteiger charge is -2.38. The predicted molar refractivity (Wildman–Crippen MR) is 96.2 cm³/mol. The second kappa shape index (κ2) is 8.99. The molecule has 3 heterocycles. The largest absolute Gasteiger partial charge is 0.378 e. The molecule has 0 radical (unpaired) electrons. The van der Waals surface area contributed by atoms with Crippen molar-refractivity contribution in [2.45, 2.75) is 51.5 Å². The third-order valence-corrected chi connectivity index (χ3v) is 6.04. The van der Waals surface area contributed by atoms with Gasteiger partial charge in [-0.25, -0.2) is 0 Å². The Kier molecular flexibility index (Phi) is 6.70. The van der Waals surface area contributed by atoms with Gasteiger partial charge in [0.05, 0.1) is 19.8 Å². The highest BCUT2D eigenvalue weighted by atomic mass is 16.5. The molecular formula is C19H33N3O3. The van der Waals surface area contributed by atoms with Crippen LogP contribution in [0.5, 0.6) is 0 Å². The van der Waals surface area contributed by atoms with Crippen molar-refractivity contribution < 1.29 is 14.3 Å². The lowest BCUT2D eigenvalue weighted by Crippen LogP contribution is -2.50. The first-order chi connectivity index (χ1) is 12.2. The van der Waals surface area contributed by atoms with Crippen molar-refractivity contribution in [3.05, 3.63) is 0 Å². The van der Waals surface area contributed by atoms with Crippen LogP contribution in [0.2, 0.25) is 0 Å². The van der Waals surface area contributed by atoms with Crippen LogP contribution in [-0.4, -0.2) is 85.0 Å². The monoisotopic (exact) mass is 351 g/mol. The van der Waals surface area contributed by atoms with Crippen LogP contribution >= 0.6 is 0 Å². The zero-order valence-corrected chi connectivity index (χ0v) is 15.6. The molecule has 3 aliphatic rings. The zero-order chi connectivity index (χ0) is 17.6. The Balaban J connectivity index is 1.44. The van der Waals surface area contributed by atoms with E-state index < -0.39 is 0 Å². The molecule has 25 heavy (non-hydrogen) atoms. The van der Waals surface area contributed by atoms with E-state index >= 15 is 0 Å². The van der Waals surface area contributed by atoms with Gasteiger partial charge in [-0.15, -0.1) is 0 Å². The summed E-state index contributed by atoms with van der Waals surface area (Å²) < 4.78 is 5.33. The average Bonchev–Trinajstić information content (AvgIpc) is 2.68. The van der Waals surface area contributed by atoms with Crippen LogP contribution in [0.15, 0.2) is 0 Å². The van der Waals surface area contributed by atoms with Crippen LogP contribution in [0.4, 0.5) is 0 Å². The highest BCUT2D eigenvalue weighted by Crippen LogP contribution is 2.22. The number of hydrogen-bond donors (Lipinski definition) is 0. The maximum atomic E-state index is 12.7. The maximum absolute atomic E-state index is 12.7. The number of carbonyl (C=O) groups is 2. The Hall–Kier alpha value is -1.14. The number of morpholine rings is 1. The zero-order valence-electron chi connectivity index (χ0n) is 15.6. The SMILES string of the molecule is CCC1CCCCN1C(=O)CN1CCC(C(=O)N2CCOCC2)CC1. The van der Waals surface area contributed by atoms with E-state index in [-0.39, 0.29) is 17.7 Å². The summed E-state index contributed by atoms with van der Waals surface area (Å²) in [4.78, 5) is 31.6. The van der Waals surface area contributed by atoms with Gasteiger partial charge in [0.1, 0.15) is 0 Å². The van der Waals surface area contributed by atoms with Crippen LogP contribution in [0, 0.1) is 5.92 Å². The van der Waals surface area contributed by atoms with Crippen LogP contribution in [0.3, 0.4) is 0 Å². The van der Waals surface area contributed by atoms with Gasteiger partial charge in [0, 0.05) is 31.6 Å². The molecule has 0 aromatic heterocycles. The fraction of sp³-hybridized carbons (Fsp3) is 0.895. The van der Waals surface area contributed by atoms with Gasteiger partial charge < -0.3 is 14.5 Å². The molecule has 0 bridgehead atoms. The van der Waals surface area contributed by atoms with Gasteiger partial charge in [0.15, 0.2) is 0 Å². The summed E-state index contributed by atoms with van der Waals surface area (Å²) >= 11 is 0. The van der Waals surface area contributed by atoms with Crippen molar-refractivity contribution in [2.24, 2.45) is 5.92 Å². The lowest BCUT2D eigenvalue weighted by atomic mass is 9.95. The molecule has 142 valence electrons. The molecule has 0 aromatic carbocycles. The molecule has 1 atom stereocenters.